The Kier molecular flexibility index (Phi) is 4.74. The molecule has 1 aromatic rings. The van der Waals surface area contributed by atoms with E-state index in [-0.39, 0.29) is 5.41 Å². The van der Waals surface area contributed by atoms with E-state index in [4.69, 9.17) is 22.7 Å². The first kappa shape index (κ1) is 15.0. The molecule has 0 heterocycles. The first-order chi connectivity index (χ1) is 8.27. The number of thiocarbonyl (C=S) groups is 1. The predicted molar refractivity (Wildman–Crippen MR) is 81.4 cm³/mol. The van der Waals surface area contributed by atoms with E-state index in [0.717, 1.165) is 12.2 Å². The second kappa shape index (κ2) is 5.70. The van der Waals surface area contributed by atoms with E-state index >= 15 is 0 Å². The summed E-state index contributed by atoms with van der Waals surface area (Å²) >= 11 is 5.13. The van der Waals surface area contributed by atoms with Crippen molar-refractivity contribution in [3.63, 3.8) is 0 Å². The Hall–Kier alpha value is -1.09. The van der Waals surface area contributed by atoms with E-state index < -0.39 is 0 Å². The molecule has 18 heavy (non-hydrogen) atoms. The number of benzene rings is 1. The predicted octanol–water partition coefficient (Wildman–Crippen LogP) is 3.67. The van der Waals surface area contributed by atoms with E-state index in [0.29, 0.717) is 10.9 Å². The summed E-state index contributed by atoms with van der Waals surface area (Å²) in [7, 11) is 1.70. The molecule has 0 aliphatic carbocycles. The van der Waals surface area contributed by atoms with Crippen LogP contribution in [-0.4, -0.2) is 12.1 Å². The Balaban J connectivity index is 3.13. The SMILES string of the molecule is COc1ccc(C(C)C)cc1CC(C)(C)C(N)=S. The van der Waals surface area contributed by atoms with Crippen LogP contribution in [-0.2, 0) is 6.42 Å². The average Bonchev–Trinajstić information content (AvgIpc) is 2.28. The van der Waals surface area contributed by atoms with Gasteiger partial charge in [-0.1, -0.05) is 52.0 Å². The smallest absolute Gasteiger partial charge is 0.122 e. The second-order valence-electron chi connectivity index (χ2n) is 5.65. The van der Waals surface area contributed by atoms with Crippen molar-refractivity contribution in [1.82, 2.24) is 0 Å². The summed E-state index contributed by atoms with van der Waals surface area (Å²) in [6.45, 7) is 8.50. The summed E-state index contributed by atoms with van der Waals surface area (Å²) in [6, 6.07) is 6.34. The largest absolute Gasteiger partial charge is 0.496 e. The Morgan fingerprint density at radius 1 is 1.39 bits per heavy atom. The Bertz CT molecular complexity index is 438. The number of hydrogen-bond acceptors (Lipinski definition) is 2. The van der Waals surface area contributed by atoms with Gasteiger partial charge in [-0.05, 0) is 29.5 Å². The van der Waals surface area contributed by atoms with Crippen molar-refractivity contribution in [3.05, 3.63) is 29.3 Å². The van der Waals surface area contributed by atoms with Crippen LogP contribution < -0.4 is 10.5 Å². The molecule has 2 N–H and O–H groups in total. The lowest BCUT2D eigenvalue weighted by atomic mass is 9.84. The number of methoxy groups -OCH3 is 1. The lowest BCUT2D eigenvalue weighted by Gasteiger charge is -2.24. The van der Waals surface area contributed by atoms with Crippen molar-refractivity contribution < 1.29 is 4.74 Å². The van der Waals surface area contributed by atoms with Gasteiger partial charge >= 0.3 is 0 Å². The molecule has 0 fully saturated rings. The first-order valence-corrected chi connectivity index (χ1v) is 6.65. The molecule has 0 amide bonds. The third-order valence-corrected chi connectivity index (χ3v) is 3.82. The highest BCUT2D eigenvalue weighted by atomic mass is 32.1. The molecular weight excluding hydrogens is 242 g/mol. The quantitative estimate of drug-likeness (QED) is 0.825. The fourth-order valence-corrected chi connectivity index (χ4v) is 1.93. The van der Waals surface area contributed by atoms with Gasteiger partial charge < -0.3 is 10.5 Å². The molecule has 3 heteroatoms. The Morgan fingerprint density at radius 3 is 2.44 bits per heavy atom. The van der Waals surface area contributed by atoms with Gasteiger partial charge in [0.15, 0.2) is 0 Å². The Labute approximate surface area is 116 Å². The van der Waals surface area contributed by atoms with Gasteiger partial charge in [-0.2, -0.15) is 0 Å². The highest BCUT2D eigenvalue weighted by Crippen LogP contribution is 2.30. The third kappa shape index (κ3) is 3.45. The number of nitrogens with two attached hydrogens (primary N) is 1. The molecular formula is C15H23NOS. The number of ether oxygens (including phenoxy) is 1. The van der Waals surface area contributed by atoms with Crippen molar-refractivity contribution >= 4 is 17.2 Å². The van der Waals surface area contributed by atoms with Crippen molar-refractivity contribution in [2.45, 2.75) is 40.0 Å². The zero-order valence-electron chi connectivity index (χ0n) is 11.9. The highest BCUT2D eigenvalue weighted by Gasteiger charge is 2.23. The maximum atomic E-state index is 5.80. The summed E-state index contributed by atoms with van der Waals surface area (Å²) in [5, 5.41) is 0. The number of hydrogen-bond donors (Lipinski definition) is 1. The van der Waals surface area contributed by atoms with Crippen LogP contribution in [0.1, 0.15) is 44.7 Å². The summed E-state index contributed by atoms with van der Waals surface area (Å²) in [5.74, 6) is 1.41. The van der Waals surface area contributed by atoms with Crippen LogP contribution in [0.2, 0.25) is 0 Å². The van der Waals surface area contributed by atoms with E-state index in [2.05, 4.69) is 39.8 Å². The van der Waals surface area contributed by atoms with Crippen molar-refractivity contribution in [1.29, 1.82) is 0 Å². The zero-order chi connectivity index (χ0) is 13.9. The fourth-order valence-electron chi connectivity index (χ4n) is 1.86. The molecule has 0 aromatic heterocycles. The molecule has 0 aliphatic rings. The minimum Gasteiger partial charge on any atom is -0.496 e. The van der Waals surface area contributed by atoms with Crippen LogP contribution in [0.15, 0.2) is 18.2 Å². The standard InChI is InChI=1S/C15H23NOS/c1-10(2)11-6-7-13(17-5)12(8-11)9-15(3,4)14(16)18/h6-8,10H,9H2,1-5H3,(H2,16,18). The molecule has 0 atom stereocenters. The molecule has 0 spiro atoms. The van der Waals surface area contributed by atoms with Crippen LogP contribution >= 0.6 is 12.2 Å². The molecule has 1 aromatic carbocycles. The average molecular weight is 265 g/mol. The van der Waals surface area contributed by atoms with Crippen molar-refractivity contribution in [2.24, 2.45) is 11.1 Å². The van der Waals surface area contributed by atoms with Gasteiger partial charge in [-0.3, -0.25) is 0 Å². The van der Waals surface area contributed by atoms with Crippen LogP contribution in [0.5, 0.6) is 5.75 Å². The fraction of sp³-hybridized carbons (Fsp3) is 0.533. The van der Waals surface area contributed by atoms with Gasteiger partial charge in [-0.25, -0.2) is 0 Å². The maximum Gasteiger partial charge on any atom is 0.122 e. The topological polar surface area (TPSA) is 35.2 Å². The molecule has 0 saturated heterocycles. The van der Waals surface area contributed by atoms with Gasteiger partial charge in [0.1, 0.15) is 5.75 Å². The highest BCUT2D eigenvalue weighted by molar-refractivity contribution is 7.80. The maximum absolute atomic E-state index is 5.80. The second-order valence-corrected chi connectivity index (χ2v) is 6.09. The Morgan fingerprint density at radius 2 is 2.00 bits per heavy atom. The summed E-state index contributed by atoms with van der Waals surface area (Å²) < 4.78 is 5.42. The molecule has 100 valence electrons. The molecule has 2 nitrogen and oxygen atoms in total. The van der Waals surface area contributed by atoms with Gasteiger partial charge in [0, 0.05) is 5.41 Å². The van der Waals surface area contributed by atoms with Crippen molar-refractivity contribution in [2.75, 3.05) is 7.11 Å². The lowest BCUT2D eigenvalue weighted by Crippen LogP contribution is -2.31. The van der Waals surface area contributed by atoms with Crippen LogP contribution in [0, 0.1) is 5.41 Å². The van der Waals surface area contributed by atoms with Crippen LogP contribution in [0.3, 0.4) is 0 Å². The van der Waals surface area contributed by atoms with E-state index in [1.807, 2.05) is 6.07 Å². The molecule has 0 aliphatic heterocycles. The first-order valence-electron chi connectivity index (χ1n) is 6.24. The molecule has 0 radical (unpaired) electrons. The number of rotatable bonds is 5. The molecule has 0 bridgehead atoms. The summed E-state index contributed by atoms with van der Waals surface area (Å²) in [6.07, 6.45) is 0.798. The molecule has 0 saturated carbocycles. The zero-order valence-corrected chi connectivity index (χ0v) is 12.7. The van der Waals surface area contributed by atoms with Crippen molar-refractivity contribution in [3.8, 4) is 5.75 Å². The van der Waals surface area contributed by atoms with Gasteiger partial charge in [0.05, 0.1) is 12.1 Å². The molecule has 1 rings (SSSR count). The minimum absolute atomic E-state index is 0.196. The van der Waals surface area contributed by atoms with E-state index in [1.54, 1.807) is 7.11 Å². The van der Waals surface area contributed by atoms with E-state index in [1.165, 1.54) is 11.1 Å². The summed E-state index contributed by atoms with van der Waals surface area (Å²) in [5.41, 5.74) is 8.08. The molecule has 0 unspecified atom stereocenters. The third-order valence-electron chi connectivity index (χ3n) is 3.27. The van der Waals surface area contributed by atoms with E-state index in [9.17, 15) is 0 Å². The normalized spacial score (nSPS) is 11.7. The van der Waals surface area contributed by atoms with Gasteiger partial charge in [-0.15, -0.1) is 0 Å². The van der Waals surface area contributed by atoms with Gasteiger partial charge in [0.2, 0.25) is 0 Å². The summed E-state index contributed by atoms with van der Waals surface area (Å²) in [4.78, 5) is 0.541. The van der Waals surface area contributed by atoms with Crippen LogP contribution in [0.25, 0.3) is 0 Å². The lowest BCUT2D eigenvalue weighted by molar-refractivity contribution is 0.401. The minimum atomic E-state index is -0.196. The monoisotopic (exact) mass is 265 g/mol. The van der Waals surface area contributed by atoms with Gasteiger partial charge in [0.25, 0.3) is 0 Å². The van der Waals surface area contributed by atoms with Crippen LogP contribution in [0.4, 0.5) is 0 Å².